The fourth-order valence-electron chi connectivity index (χ4n) is 2.66. The van der Waals surface area contributed by atoms with Crippen LogP contribution in [0.15, 0.2) is 28.7 Å². The highest BCUT2D eigenvalue weighted by molar-refractivity contribution is 9.10. The maximum absolute atomic E-state index is 6.04. The van der Waals surface area contributed by atoms with E-state index >= 15 is 0 Å². The van der Waals surface area contributed by atoms with E-state index < -0.39 is 0 Å². The lowest BCUT2D eigenvalue weighted by molar-refractivity contribution is 0.339. The minimum Gasteiger partial charge on any atom is -0.492 e. The molecule has 1 unspecified atom stereocenters. The molecule has 4 nitrogen and oxygen atoms in total. The van der Waals surface area contributed by atoms with Crippen LogP contribution in [-0.2, 0) is 0 Å². The summed E-state index contributed by atoms with van der Waals surface area (Å²) in [5.41, 5.74) is 8.24. The molecular formula is C15H14BrN3O. The molecule has 1 aliphatic heterocycles. The number of hydrogen-bond donors (Lipinski definition) is 1. The number of nitrogens with two attached hydrogens (primary N) is 1. The Kier molecular flexibility index (Phi) is 2.70. The molecule has 4 rings (SSSR count). The molecule has 0 saturated heterocycles. The molecule has 5 heteroatoms. The van der Waals surface area contributed by atoms with Gasteiger partial charge in [-0.3, -0.25) is 0 Å². The summed E-state index contributed by atoms with van der Waals surface area (Å²) in [4.78, 5) is 9.22. The van der Waals surface area contributed by atoms with Gasteiger partial charge in [-0.25, -0.2) is 9.97 Å². The van der Waals surface area contributed by atoms with Crippen LogP contribution in [0.25, 0.3) is 0 Å². The largest absolute Gasteiger partial charge is 0.492 e. The Morgan fingerprint density at radius 3 is 2.80 bits per heavy atom. The summed E-state index contributed by atoms with van der Waals surface area (Å²) in [5, 5.41) is 0. The van der Waals surface area contributed by atoms with E-state index in [1.54, 1.807) is 0 Å². The van der Waals surface area contributed by atoms with E-state index in [0.29, 0.717) is 18.3 Å². The molecule has 2 heterocycles. The minimum atomic E-state index is 0.0825. The summed E-state index contributed by atoms with van der Waals surface area (Å²) in [6.45, 7) is 0.588. The Hall–Kier alpha value is -1.62. The van der Waals surface area contributed by atoms with Gasteiger partial charge in [-0.1, -0.05) is 18.2 Å². The SMILES string of the molecule is Nc1nc(C2COc3ccccc32)nc(C2CC2)c1Br. The number of fused-ring (bicyclic) bond motifs is 1. The molecule has 2 aromatic rings. The maximum atomic E-state index is 6.04. The van der Waals surface area contributed by atoms with Crippen molar-refractivity contribution >= 4 is 21.7 Å². The van der Waals surface area contributed by atoms with Gasteiger partial charge in [0, 0.05) is 11.5 Å². The third-order valence-electron chi connectivity index (χ3n) is 3.90. The lowest BCUT2D eigenvalue weighted by atomic mass is 10.0. The molecule has 1 fully saturated rings. The first-order valence-corrected chi connectivity index (χ1v) is 7.58. The molecule has 0 bridgehead atoms. The Morgan fingerprint density at radius 1 is 1.20 bits per heavy atom. The Balaban J connectivity index is 1.80. The fraction of sp³-hybridized carbons (Fsp3) is 0.333. The molecule has 2 aliphatic rings. The fourth-order valence-corrected chi connectivity index (χ4v) is 3.16. The number of halogens is 1. The number of ether oxygens (including phenoxy) is 1. The maximum Gasteiger partial charge on any atom is 0.142 e. The smallest absolute Gasteiger partial charge is 0.142 e. The standard InChI is InChI=1S/C15H14BrN3O/c16-12-13(8-5-6-8)18-15(19-14(12)17)10-7-20-11-4-2-1-3-9(10)11/h1-4,8,10H,5-7H2,(H2,17,18,19). The van der Waals surface area contributed by atoms with Crippen molar-refractivity contribution in [1.29, 1.82) is 0 Å². The molecule has 2 N–H and O–H groups in total. The van der Waals surface area contributed by atoms with E-state index in [0.717, 1.165) is 27.3 Å². The first-order valence-electron chi connectivity index (χ1n) is 6.78. The van der Waals surface area contributed by atoms with Gasteiger partial charge in [0.05, 0.1) is 16.1 Å². The third kappa shape index (κ3) is 1.88. The number of nitrogens with zero attached hydrogens (tertiary/aromatic N) is 2. The van der Waals surface area contributed by atoms with Crippen LogP contribution in [0.5, 0.6) is 5.75 Å². The second-order valence-corrected chi connectivity index (χ2v) is 6.13. The Labute approximate surface area is 125 Å². The quantitative estimate of drug-likeness (QED) is 0.917. The van der Waals surface area contributed by atoms with Crippen molar-refractivity contribution in [3.8, 4) is 5.75 Å². The van der Waals surface area contributed by atoms with Crippen molar-refractivity contribution in [2.24, 2.45) is 0 Å². The van der Waals surface area contributed by atoms with Crippen LogP contribution in [0.3, 0.4) is 0 Å². The van der Waals surface area contributed by atoms with Crippen LogP contribution in [-0.4, -0.2) is 16.6 Å². The van der Waals surface area contributed by atoms with Crippen molar-refractivity contribution < 1.29 is 4.74 Å². The number of para-hydroxylation sites is 1. The van der Waals surface area contributed by atoms with E-state index in [1.165, 1.54) is 12.8 Å². The van der Waals surface area contributed by atoms with Crippen LogP contribution in [0, 0.1) is 0 Å². The zero-order valence-electron chi connectivity index (χ0n) is 10.8. The first kappa shape index (κ1) is 12.1. The monoisotopic (exact) mass is 331 g/mol. The summed E-state index contributed by atoms with van der Waals surface area (Å²) in [5.74, 6) is 2.85. The number of aromatic nitrogens is 2. The highest BCUT2D eigenvalue weighted by Gasteiger charge is 2.32. The van der Waals surface area contributed by atoms with E-state index in [4.69, 9.17) is 15.5 Å². The second kappa shape index (κ2) is 4.45. The lowest BCUT2D eigenvalue weighted by Crippen LogP contribution is -2.11. The average molecular weight is 332 g/mol. The second-order valence-electron chi connectivity index (χ2n) is 5.34. The highest BCUT2D eigenvalue weighted by Crippen LogP contribution is 2.45. The van der Waals surface area contributed by atoms with Gasteiger partial charge in [0.2, 0.25) is 0 Å². The molecule has 1 saturated carbocycles. The summed E-state index contributed by atoms with van der Waals surface area (Å²) in [6.07, 6.45) is 2.37. The van der Waals surface area contributed by atoms with Crippen molar-refractivity contribution in [3.05, 3.63) is 45.8 Å². The van der Waals surface area contributed by atoms with Gasteiger partial charge in [-0.2, -0.15) is 0 Å². The minimum absolute atomic E-state index is 0.0825. The van der Waals surface area contributed by atoms with Crippen LogP contribution in [0.1, 0.15) is 41.8 Å². The Morgan fingerprint density at radius 2 is 2.00 bits per heavy atom. The van der Waals surface area contributed by atoms with E-state index in [-0.39, 0.29) is 5.92 Å². The molecule has 1 atom stereocenters. The van der Waals surface area contributed by atoms with Crippen molar-refractivity contribution in [2.45, 2.75) is 24.7 Å². The molecule has 20 heavy (non-hydrogen) atoms. The van der Waals surface area contributed by atoms with Gasteiger partial charge in [0.15, 0.2) is 0 Å². The molecule has 102 valence electrons. The lowest BCUT2D eigenvalue weighted by Gasteiger charge is -2.12. The predicted molar refractivity (Wildman–Crippen MR) is 79.9 cm³/mol. The molecular weight excluding hydrogens is 318 g/mol. The van der Waals surface area contributed by atoms with Crippen LogP contribution < -0.4 is 10.5 Å². The van der Waals surface area contributed by atoms with Gasteiger partial charge < -0.3 is 10.5 Å². The van der Waals surface area contributed by atoms with Crippen LogP contribution in [0.4, 0.5) is 5.82 Å². The van der Waals surface area contributed by atoms with Gasteiger partial charge in [0.25, 0.3) is 0 Å². The van der Waals surface area contributed by atoms with Crippen molar-refractivity contribution in [1.82, 2.24) is 9.97 Å². The normalized spacial score (nSPS) is 20.6. The molecule has 1 aromatic heterocycles. The van der Waals surface area contributed by atoms with E-state index in [2.05, 4.69) is 27.0 Å². The molecule has 0 radical (unpaired) electrons. The zero-order valence-corrected chi connectivity index (χ0v) is 12.4. The third-order valence-corrected chi connectivity index (χ3v) is 4.71. The number of hydrogen-bond acceptors (Lipinski definition) is 4. The van der Waals surface area contributed by atoms with Crippen molar-refractivity contribution in [2.75, 3.05) is 12.3 Å². The predicted octanol–water partition coefficient (Wildman–Crippen LogP) is 3.22. The van der Waals surface area contributed by atoms with E-state index in [9.17, 15) is 0 Å². The van der Waals surface area contributed by atoms with Gasteiger partial charge in [-0.15, -0.1) is 0 Å². The summed E-state index contributed by atoms with van der Waals surface area (Å²) in [6, 6.07) is 8.06. The Bertz CT molecular complexity index is 685. The highest BCUT2D eigenvalue weighted by atomic mass is 79.9. The summed E-state index contributed by atoms with van der Waals surface area (Å²) < 4.78 is 6.58. The van der Waals surface area contributed by atoms with E-state index in [1.807, 2.05) is 18.2 Å². The first-order chi connectivity index (χ1) is 9.74. The molecule has 1 aliphatic carbocycles. The van der Waals surface area contributed by atoms with Gasteiger partial charge >= 0.3 is 0 Å². The van der Waals surface area contributed by atoms with Crippen LogP contribution in [0.2, 0.25) is 0 Å². The van der Waals surface area contributed by atoms with Gasteiger partial charge in [0.1, 0.15) is 24.0 Å². The van der Waals surface area contributed by atoms with Gasteiger partial charge in [-0.05, 0) is 34.8 Å². The number of rotatable bonds is 2. The molecule has 1 aromatic carbocycles. The molecule has 0 amide bonds. The molecule has 0 spiro atoms. The zero-order chi connectivity index (χ0) is 13.7. The summed E-state index contributed by atoms with van der Waals surface area (Å²) >= 11 is 3.51. The average Bonchev–Trinajstić information content (AvgIpc) is 3.21. The number of benzene rings is 1. The summed E-state index contributed by atoms with van der Waals surface area (Å²) in [7, 11) is 0. The van der Waals surface area contributed by atoms with Crippen LogP contribution >= 0.6 is 15.9 Å². The number of anilines is 1. The van der Waals surface area contributed by atoms with Crippen molar-refractivity contribution in [3.63, 3.8) is 0 Å². The number of nitrogen functional groups attached to an aromatic ring is 1. The topological polar surface area (TPSA) is 61.0 Å².